The van der Waals surface area contributed by atoms with Gasteiger partial charge in [0.15, 0.2) is 6.29 Å². The van der Waals surface area contributed by atoms with Crippen molar-refractivity contribution in [2.45, 2.75) is 43.5 Å². The number of ether oxygens (including phenoxy) is 3. The highest BCUT2D eigenvalue weighted by Crippen LogP contribution is 2.37. The highest BCUT2D eigenvalue weighted by molar-refractivity contribution is 5.16. The Morgan fingerprint density at radius 1 is 1.30 bits per heavy atom. The van der Waals surface area contributed by atoms with Gasteiger partial charge in [-0.1, -0.05) is 36.4 Å². The van der Waals surface area contributed by atoms with Crippen LogP contribution in [0.4, 0.5) is 0 Å². The number of hydrogen-bond donors (Lipinski definition) is 1. The minimum Gasteiger partial charge on any atom is -0.390 e. The zero-order valence-corrected chi connectivity index (χ0v) is 11.6. The molecule has 0 radical (unpaired) electrons. The lowest BCUT2D eigenvalue weighted by atomic mass is 9.88. The second-order valence-electron chi connectivity index (χ2n) is 5.55. The van der Waals surface area contributed by atoms with Crippen LogP contribution in [-0.4, -0.2) is 35.6 Å². The summed E-state index contributed by atoms with van der Waals surface area (Å²) in [6.07, 6.45) is 0.854. The fourth-order valence-electron chi connectivity index (χ4n) is 2.72. The maximum Gasteiger partial charge on any atom is 0.184 e. The minimum atomic E-state index is -0.729. The Morgan fingerprint density at radius 2 is 2.05 bits per heavy atom. The van der Waals surface area contributed by atoms with E-state index in [1.54, 1.807) is 6.08 Å². The molecule has 3 rings (SSSR count). The molecule has 0 saturated carbocycles. The van der Waals surface area contributed by atoms with E-state index in [0.717, 1.165) is 5.56 Å². The Kier molecular flexibility index (Phi) is 3.65. The maximum absolute atomic E-state index is 10.2. The maximum atomic E-state index is 10.2. The van der Waals surface area contributed by atoms with Crippen LogP contribution in [-0.2, 0) is 14.2 Å². The Balaban J connectivity index is 1.72. The average molecular weight is 276 g/mol. The van der Waals surface area contributed by atoms with Gasteiger partial charge >= 0.3 is 0 Å². The molecule has 0 aliphatic carbocycles. The molecule has 0 amide bonds. The molecule has 2 aliphatic heterocycles. The predicted molar refractivity (Wildman–Crippen MR) is 74.1 cm³/mol. The second-order valence-corrected chi connectivity index (χ2v) is 5.55. The third-order valence-electron chi connectivity index (χ3n) is 4.12. The summed E-state index contributed by atoms with van der Waals surface area (Å²) in [6.45, 7) is 6.04. The molecule has 0 unspecified atom stereocenters. The minimum absolute atomic E-state index is 0.156. The second kappa shape index (κ2) is 5.30. The highest BCUT2D eigenvalue weighted by Gasteiger charge is 2.47. The average Bonchev–Trinajstić information content (AvgIpc) is 2.49. The lowest BCUT2D eigenvalue weighted by Gasteiger charge is -2.47. The quantitative estimate of drug-likeness (QED) is 0.841. The van der Waals surface area contributed by atoms with E-state index in [1.165, 1.54) is 0 Å². The fraction of sp³-hybridized carbons (Fsp3) is 0.500. The summed E-state index contributed by atoms with van der Waals surface area (Å²) in [4.78, 5) is 0. The third kappa shape index (κ3) is 2.40. The molecule has 20 heavy (non-hydrogen) atoms. The highest BCUT2D eigenvalue weighted by atomic mass is 16.7. The summed E-state index contributed by atoms with van der Waals surface area (Å²) >= 11 is 0. The summed E-state index contributed by atoms with van der Waals surface area (Å²) in [5, 5.41) is 10.2. The number of rotatable bonds is 2. The summed E-state index contributed by atoms with van der Waals surface area (Å²) in [5.74, 6) is 0. The molecule has 2 aliphatic rings. The van der Waals surface area contributed by atoms with Gasteiger partial charge in [0.25, 0.3) is 0 Å². The molecule has 4 heteroatoms. The van der Waals surface area contributed by atoms with Gasteiger partial charge in [0.1, 0.15) is 11.7 Å². The first kappa shape index (κ1) is 13.8. The van der Waals surface area contributed by atoms with Crippen molar-refractivity contribution in [1.82, 2.24) is 0 Å². The molecule has 1 N–H and O–H groups in total. The summed E-state index contributed by atoms with van der Waals surface area (Å²) in [5.41, 5.74) is 0.255. The predicted octanol–water partition coefficient (Wildman–Crippen LogP) is 2.20. The summed E-state index contributed by atoms with van der Waals surface area (Å²) in [7, 11) is 0. The Hall–Kier alpha value is -1.20. The molecule has 1 aromatic carbocycles. The number of benzene rings is 1. The van der Waals surface area contributed by atoms with Gasteiger partial charge in [-0.2, -0.15) is 0 Å². The molecule has 0 spiro atoms. The molecule has 2 fully saturated rings. The van der Waals surface area contributed by atoms with Crippen molar-refractivity contribution in [3.05, 3.63) is 48.6 Å². The zero-order chi connectivity index (χ0) is 14.2. The molecule has 2 saturated heterocycles. The molecular weight excluding hydrogens is 256 g/mol. The summed E-state index contributed by atoms with van der Waals surface area (Å²) < 4.78 is 17.6. The van der Waals surface area contributed by atoms with E-state index in [9.17, 15) is 5.11 Å². The monoisotopic (exact) mass is 276 g/mol. The van der Waals surface area contributed by atoms with E-state index in [4.69, 9.17) is 14.2 Å². The van der Waals surface area contributed by atoms with Crippen molar-refractivity contribution in [3.63, 3.8) is 0 Å². The van der Waals surface area contributed by atoms with Crippen LogP contribution in [0.2, 0.25) is 0 Å². The first-order chi connectivity index (χ1) is 9.62. The molecule has 0 aromatic heterocycles. The van der Waals surface area contributed by atoms with Crippen LogP contribution < -0.4 is 0 Å². The van der Waals surface area contributed by atoms with E-state index in [0.29, 0.717) is 13.0 Å². The van der Waals surface area contributed by atoms with Crippen molar-refractivity contribution in [1.29, 1.82) is 0 Å². The Labute approximate surface area is 119 Å². The molecule has 2 heterocycles. The largest absolute Gasteiger partial charge is 0.390 e. The van der Waals surface area contributed by atoms with Gasteiger partial charge in [-0.3, -0.25) is 0 Å². The van der Waals surface area contributed by atoms with E-state index in [2.05, 4.69) is 6.58 Å². The van der Waals surface area contributed by atoms with Crippen LogP contribution in [0.15, 0.2) is 43.0 Å². The van der Waals surface area contributed by atoms with Crippen molar-refractivity contribution in [3.8, 4) is 0 Å². The number of aliphatic hydroxyl groups is 1. The van der Waals surface area contributed by atoms with Gasteiger partial charge in [0, 0.05) is 12.0 Å². The van der Waals surface area contributed by atoms with Crippen LogP contribution in [0.3, 0.4) is 0 Å². The van der Waals surface area contributed by atoms with Crippen molar-refractivity contribution < 1.29 is 19.3 Å². The van der Waals surface area contributed by atoms with E-state index < -0.39 is 11.7 Å². The van der Waals surface area contributed by atoms with E-state index in [-0.39, 0.29) is 18.5 Å². The lowest BCUT2D eigenvalue weighted by Crippen LogP contribution is -2.57. The first-order valence-corrected chi connectivity index (χ1v) is 6.94. The van der Waals surface area contributed by atoms with Gasteiger partial charge in [0.2, 0.25) is 0 Å². The number of fused-ring (bicyclic) bond motifs is 1. The summed E-state index contributed by atoms with van der Waals surface area (Å²) in [6, 6.07) is 9.81. The fourth-order valence-corrected chi connectivity index (χ4v) is 2.72. The van der Waals surface area contributed by atoms with E-state index >= 15 is 0 Å². The van der Waals surface area contributed by atoms with Crippen molar-refractivity contribution >= 4 is 0 Å². The standard InChI is InChI=1S/C16H20O4/c1-3-16(2)14(17)9-12-13(20-16)10-18-15(19-12)11-7-5-4-6-8-11/h3-8,12-15,17H,1,9-10H2,2H3/t12-,13+,14+,15+,16-/m0/s1. The Morgan fingerprint density at radius 3 is 2.75 bits per heavy atom. The van der Waals surface area contributed by atoms with Gasteiger partial charge in [0.05, 0.1) is 18.8 Å². The van der Waals surface area contributed by atoms with Crippen molar-refractivity contribution in [2.75, 3.05) is 6.61 Å². The zero-order valence-electron chi connectivity index (χ0n) is 11.6. The van der Waals surface area contributed by atoms with Crippen LogP contribution in [0, 0.1) is 0 Å². The molecule has 5 atom stereocenters. The first-order valence-electron chi connectivity index (χ1n) is 6.94. The van der Waals surface area contributed by atoms with Crippen LogP contribution in [0.1, 0.15) is 25.2 Å². The smallest absolute Gasteiger partial charge is 0.184 e. The normalized spacial score (nSPS) is 40.9. The van der Waals surface area contributed by atoms with Gasteiger partial charge < -0.3 is 19.3 Å². The van der Waals surface area contributed by atoms with Crippen molar-refractivity contribution in [2.24, 2.45) is 0 Å². The number of aliphatic hydroxyl groups excluding tert-OH is 1. The van der Waals surface area contributed by atoms with E-state index in [1.807, 2.05) is 37.3 Å². The molecular formula is C16H20O4. The van der Waals surface area contributed by atoms with Crippen LogP contribution in [0.25, 0.3) is 0 Å². The topological polar surface area (TPSA) is 47.9 Å². The molecule has 4 nitrogen and oxygen atoms in total. The molecule has 108 valence electrons. The lowest BCUT2D eigenvalue weighted by molar-refractivity contribution is -0.312. The van der Waals surface area contributed by atoms with Crippen LogP contribution >= 0.6 is 0 Å². The SMILES string of the molecule is C=C[C@]1(C)O[C@@H]2CO[C@@H](c3ccccc3)O[C@H]2C[C@H]1O. The third-order valence-corrected chi connectivity index (χ3v) is 4.12. The molecule has 0 bridgehead atoms. The van der Waals surface area contributed by atoms with Gasteiger partial charge in [-0.15, -0.1) is 6.58 Å². The van der Waals surface area contributed by atoms with Gasteiger partial charge in [-0.05, 0) is 6.92 Å². The van der Waals surface area contributed by atoms with Gasteiger partial charge in [-0.25, -0.2) is 0 Å². The Bertz CT molecular complexity index is 475. The number of hydrogen-bond acceptors (Lipinski definition) is 4. The van der Waals surface area contributed by atoms with Crippen LogP contribution in [0.5, 0.6) is 0 Å². The molecule has 1 aromatic rings.